The number of hydrogen-bond donors (Lipinski definition) is 1. The first-order chi connectivity index (χ1) is 18.4. The van der Waals surface area contributed by atoms with E-state index in [9.17, 15) is 9.59 Å². The molecule has 2 aromatic carbocycles. The number of halogens is 2. The van der Waals surface area contributed by atoms with E-state index in [1.54, 1.807) is 42.7 Å². The lowest BCUT2D eigenvalue weighted by molar-refractivity contribution is -0.140. The molecule has 1 fully saturated rings. The van der Waals surface area contributed by atoms with Crippen LogP contribution in [0.1, 0.15) is 73.5 Å². The number of esters is 1. The molecule has 2 heterocycles. The van der Waals surface area contributed by atoms with Crippen molar-refractivity contribution in [3.8, 4) is 10.4 Å². The smallest absolute Gasteiger partial charge is 0.302 e. The zero-order chi connectivity index (χ0) is 27.1. The Morgan fingerprint density at radius 3 is 2.32 bits per heavy atom. The molecule has 4 aromatic rings. The van der Waals surface area contributed by atoms with Crippen LogP contribution in [0.2, 0.25) is 10.0 Å². The normalized spacial score (nSPS) is 13.6. The van der Waals surface area contributed by atoms with Crippen LogP contribution in [0.15, 0.2) is 54.9 Å². The second-order valence-electron chi connectivity index (χ2n) is 9.18. The average Bonchev–Trinajstić information content (AvgIpc) is 3.49. The largest absolute Gasteiger partial charge is 0.466 e. The third-order valence-corrected chi connectivity index (χ3v) is 8.25. The highest BCUT2D eigenvalue weighted by atomic mass is 35.5. The zero-order valence-corrected chi connectivity index (χ0v) is 23.8. The molecule has 200 valence electrons. The number of fused-ring (bicyclic) bond motifs is 1. The molecule has 1 saturated carbocycles. The summed E-state index contributed by atoms with van der Waals surface area (Å²) in [6.07, 6.45) is 10.5. The van der Waals surface area contributed by atoms with Gasteiger partial charge in [0, 0.05) is 41.5 Å². The van der Waals surface area contributed by atoms with E-state index >= 15 is 0 Å². The summed E-state index contributed by atoms with van der Waals surface area (Å²) in [6.45, 7) is 3.90. The summed E-state index contributed by atoms with van der Waals surface area (Å²) in [5.74, 6) is 0.243. The average molecular weight is 573 g/mol. The molecule has 9 heteroatoms. The molecule has 0 radical (unpaired) electrons. The maximum absolute atomic E-state index is 12.6. The van der Waals surface area contributed by atoms with Gasteiger partial charge in [-0.3, -0.25) is 14.0 Å². The van der Waals surface area contributed by atoms with E-state index in [0.717, 1.165) is 9.84 Å². The molecule has 1 N–H and O–H groups in total. The molecule has 2 aromatic heterocycles. The van der Waals surface area contributed by atoms with Crippen molar-refractivity contribution in [3.63, 3.8) is 0 Å². The number of rotatable bonds is 6. The molecule has 0 unspecified atom stereocenters. The first-order valence-corrected chi connectivity index (χ1v) is 14.4. The number of hydrogen-bond acceptors (Lipinski definition) is 5. The van der Waals surface area contributed by atoms with Gasteiger partial charge < -0.3 is 10.1 Å². The number of amides is 1. The summed E-state index contributed by atoms with van der Waals surface area (Å²) in [7, 11) is 0. The predicted octanol–water partition coefficient (Wildman–Crippen LogP) is 7.92. The fourth-order valence-electron chi connectivity index (χ4n) is 4.56. The fraction of sp³-hybridized carbons (Fsp3) is 0.345. The fourth-order valence-corrected chi connectivity index (χ4v) is 6.06. The Kier molecular flexibility index (Phi) is 9.83. The van der Waals surface area contributed by atoms with Gasteiger partial charge in [0.05, 0.1) is 11.5 Å². The number of benzene rings is 2. The summed E-state index contributed by atoms with van der Waals surface area (Å²) in [5, 5.41) is 3.91. The summed E-state index contributed by atoms with van der Waals surface area (Å²) < 4.78 is 6.31. The Bertz CT molecular complexity index is 1340. The molecule has 38 heavy (non-hydrogen) atoms. The van der Waals surface area contributed by atoms with Crippen LogP contribution in [-0.4, -0.2) is 27.9 Å². The molecular formula is C29H31Cl2N3O3S. The number of nitrogens with zero attached hydrogens (tertiary/aromatic N) is 2. The Labute approximate surface area is 236 Å². The minimum absolute atomic E-state index is 0.211. The van der Waals surface area contributed by atoms with Gasteiger partial charge in [-0.2, -0.15) is 0 Å². The minimum atomic E-state index is -0.254. The van der Waals surface area contributed by atoms with E-state index in [1.165, 1.54) is 50.2 Å². The van der Waals surface area contributed by atoms with Crippen molar-refractivity contribution in [2.45, 2.75) is 58.4 Å². The van der Waals surface area contributed by atoms with E-state index in [4.69, 9.17) is 23.2 Å². The van der Waals surface area contributed by atoms with Crippen LogP contribution in [0.3, 0.4) is 0 Å². The lowest BCUT2D eigenvalue weighted by atomic mass is 9.84. The molecule has 0 bridgehead atoms. The Hall–Kier alpha value is -2.87. The lowest BCUT2D eigenvalue weighted by Crippen LogP contribution is -2.23. The topological polar surface area (TPSA) is 72.7 Å². The van der Waals surface area contributed by atoms with Crippen molar-refractivity contribution in [1.82, 2.24) is 14.7 Å². The van der Waals surface area contributed by atoms with Crippen LogP contribution in [0.4, 0.5) is 0 Å². The Morgan fingerprint density at radius 2 is 1.74 bits per heavy atom. The molecule has 0 atom stereocenters. The number of imidazole rings is 1. The second kappa shape index (κ2) is 13.3. The summed E-state index contributed by atoms with van der Waals surface area (Å²) in [5.41, 5.74) is 3.70. The van der Waals surface area contributed by atoms with Crippen molar-refractivity contribution in [3.05, 3.63) is 81.7 Å². The Balaban J connectivity index is 0.000000505. The van der Waals surface area contributed by atoms with E-state index in [1.807, 2.05) is 10.6 Å². The van der Waals surface area contributed by atoms with Crippen LogP contribution in [-0.2, 0) is 16.1 Å². The molecule has 5 rings (SSSR count). The third-order valence-electron chi connectivity index (χ3n) is 6.50. The summed E-state index contributed by atoms with van der Waals surface area (Å²) in [4.78, 5) is 28.8. The molecule has 0 aliphatic heterocycles. The molecule has 0 saturated heterocycles. The van der Waals surface area contributed by atoms with Gasteiger partial charge >= 0.3 is 5.97 Å². The molecule has 1 amide bonds. The van der Waals surface area contributed by atoms with Crippen molar-refractivity contribution >= 4 is 51.4 Å². The van der Waals surface area contributed by atoms with Crippen molar-refractivity contribution in [2.75, 3.05) is 6.61 Å². The minimum Gasteiger partial charge on any atom is -0.466 e. The van der Waals surface area contributed by atoms with Crippen LogP contribution >= 0.6 is 34.5 Å². The predicted molar refractivity (Wildman–Crippen MR) is 154 cm³/mol. The van der Waals surface area contributed by atoms with Gasteiger partial charge in [-0.05, 0) is 48.9 Å². The van der Waals surface area contributed by atoms with Gasteiger partial charge in [-0.1, -0.05) is 84.1 Å². The Morgan fingerprint density at radius 1 is 1.05 bits per heavy atom. The maximum atomic E-state index is 12.6. The molecule has 0 spiro atoms. The molecule has 6 nitrogen and oxygen atoms in total. The lowest BCUT2D eigenvalue weighted by Gasteiger charge is -2.22. The number of ether oxygens (including phenoxy) is 1. The SMILES string of the molecule is CCOC(C)=O.O=C(NCc1c(Cl)cccc1Cl)c1cn2cc(-c3ccc(C4CCCCC4)cc3)sc2n1. The van der Waals surface area contributed by atoms with Crippen LogP contribution in [0.5, 0.6) is 0 Å². The summed E-state index contributed by atoms with van der Waals surface area (Å²) >= 11 is 13.9. The highest BCUT2D eigenvalue weighted by Crippen LogP contribution is 2.35. The first-order valence-electron chi connectivity index (χ1n) is 12.8. The van der Waals surface area contributed by atoms with Gasteiger partial charge in [0.2, 0.25) is 0 Å². The van der Waals surface area contributed by atoms with Crippen molar-refractivity contribution in [1.29, 1.82) is 0 Å². The van der Waals surface area contributed by atoms with Crippen molar-refractivity contribution < 1.29 is 14.3 Å². The van der Waals surface area contributed by atoms with Crippen LogP contribution in [0.25, 0.3) is 15.4 Å². The van der Waals surface area contributed by atoms with Gasteiger partial charge in [-0.15, -0.1) is 0 Å². The summed E-state index contributed by atoms with van der Waals surface area (Å²) in [6, 6.07) is 14.2. The van der Waals surface area contributed by atoms with Gasteiger partial charge in [0.25, 0.3) is 5.91 Å². The van der Waals surface area contributed by atoms with E-state index in [2.05, 4.69) is 39.3 Å². The number of nitrogens with one attached hydrogen (secondary N) is 1. The monoisotopic (exact) mass is 571 g/mol. The van der Waals surface area contributed by atoms with Gasteiger partial charge in [-0.25, -0.2) is 4.98 Å². The quantitative estimate of drug-likeness (QED) is 0.238. The molecular weight excluding hydrogens is 541 g/mol. The van der Waals surface area contributed by atoms with E-state index < -0.39 is 0 Å². The number of carbonyl (C=O) groups excluding carboxylic acids is 2. The first kappa shape index (κ1) is 28.1. The van der Waals surface area contributed by atoms with Gasteiger partial charge in [0.15, 0.2) is 4.96 Å². The van der Waals surface area contributed by atoms with Gasteiger partial charge in [0.1, 0.15) is 5.69 Å². The number of carbonyl (C=O) groups is 2. The number of thiazole rings is 1. The second-order valence-corrected chi connectivity index (χ2v) is 11.0. The highest BCUT2D eigenvalue weighted by Gasteiger charge is 2.17. The standard InChI is InChI=1S/C25H23Cl2N3OS.C4H8O2/c26-20-7-4-8-21(27)19(20)13-28-24(31)22-14-30-15-23(32-25(30)29-22)18-11-9-17(10-12-18)16-5-2-1-3-6-16;1-3-6-4(2)5/h4,7-12,14-16H,1-3,5-6,13H2,(H,28,31);3H2,1-2H3. The highest BCUT2D eigenvalue weighted by molar-refractivity contribution is 7.20. The van der Waals surface area contributed by atoms with E-state index in [0.29, 0.717) is 33.8 Å². The zero-order valence-electron chi connectivity index (χ0n) is 21.5. The molecule has 1 aliphatic carbocycles. The van der Waals surface area contributed by atoms with Crippen LogP contribution in [0, 0.1) is 0 Å². The molecule has 1 aliphatic rings. The van der Waals surface area contributed by atoms with Crippen LogP contribution < -0.4 is 5.32 Å². The number of aromatic nitrogens is 2. The van der Waals surface area contributed by atoms with Crippen molar-refractivity contribution in [2.24, 2.45) is 0 Å². The maximum Gasteiger partial charge on any atom is 0.302 e. The van der Waals surface area contributed by atoms with E-state index in [-0.39, 0.29) is 18.4 Å². The third kappa shape index (κ3) is 7.16.